The van der Waals surface area contributed by atoms with Gasteiger partial charge in [-0.2, -0.15) is 0 Å². The number of sulfonamides is 1. The van der Waals surface area contributed by atoms with Gasteiger partial charge in [0.25, 0.3) is 0 Å². The maximum Gasteiger partial charge on any atom is 0.340 e. The standard InChI is InChI=1S/C17H12Cl2N2O4S2/c18-13-7-14(19)15(27(20,23)24)6-12(13)17(22)25-8-11-9-26-16(21-11)10-4-2-1-3-5-10/h1-7,9H,8H2,(H2,20,23,24). The minimum Gasteiger partial charge on any atom is -0.456 e. The molecule has 0 saturated carbocycles. The smallest absolute Gasteiger partial charge is 0.340 e. The van der Waals surface area contributed by atoms with E-state index in [0.29, 0.717) is 5.69 Å². The van der Waals surface area contributed by atoms with Gasteiger partial charge in [0.2, 0.25) is 10.0 Å². The first-order chi connectivity index (χ1) is 12.8. The number of thiazole rings is 1. The Labute approximate surface area is 169 Å². The summed E-state index contributed by atoms with van der Waals surface area (Å²) in [5, 5.41) is 7.43. The lowest BCUT2D eigenvalue weighted by Crippen LogP contribution is -2.15. The zero-order valence-electron chi connectivity index (χ0n) is 13.6. The Bertz CT molecular complexity index is 1100. The number of ether oxygens (including phenoxy) is 1. The van der Waals surface area contributed by atoms with E-state index in [0.717, 1.165) is 22.7 Å². The van der Waals surface area contributed by atoms with Gasteiger partial charge in [-0.1, -0.05) is 53.5 Å². The van der Waals surface area contributed by atoms with Gasteiger partial charge >= 0.3 is 5.97 Å². The fourth-order valence-corrected chi connectivity index (χ4v) is 4.41. The normalized spacial score (nSPS) is 11.4. The summed E-state index contributed by atoms with van der Waals surface area (Å²) in [6.07, 6.45) is 0. The van der Waals surface area contributed by atoms with E-state index in [9.17, 15) is 13.2 Å². The van der Waals surface area contributed by atoms with Crippen LogP contribution in [0.5, 0.6) is 0 Å². The number of esters is 1. The molecule has 0 aliphatic carbocycles. The van der Waals surface area contributed by atoms with Crippen molar-refractivity contribution in [2.45, 2.75) is 11.5 Å². The number of nitrogens with two attached hydrogens (primary N) is 1. The topological polar surface area (TPSA) is 99.4 Å². The highest BCUT2D eigenvalue weighted by Gasteiger charge is 2.21. The maximum absolute atomic E-state index is 12.3. The summed E-state index contributed by atoms with van der Waals surface area (Å²) in [5.41, 5.74) is 1.37. The highest BCUT2D eigenvalue weighted by atomic mass is 35.5. The van der Waals surface area contributed by atoms with Gasteiger partial charge in [0, 0.05) is 10.9 Å². The molecule has 27 heavy (non-hydrogen) atoms. The number of rotatable bonds is 5. The third kappa shape index (κ3) is 4.66. The van der Waals surface area contributed by atoms with Crippen LogP contribution < -0.4 is 5.14 Å². The Morgan fingerprint density at radius 3 is 2.52 bits per heavy atom. The van der Waals surface area contributed by atoms with E-state index in [1.165, 1.54) is 11.3 Å². The molecule has 140 valence electrons. The largest absolute Gasteiger partial charge is 0.456 e. The Hall–Kier alpha value is -1.97. The Morgan fingerprint density at radius 1 is 1.15 bits per heavy atom. The van der Waals surface area contributed by atoms with E-state index in [1.54, 1.807) is 5.38 Å². The molecular weight excluding hydrogens is 431 g/mol. The lowest BCUT2D eigenvalue weighted by molar-refractivity contribution is 0.0468. The first-order valence-corrected chi connectivity index (χ1v) is 10.6. The van der Waals surface area contributed by atoms with E-state index in [2.05, 4.69) is 4.98 Å². The SMILES string of the molecule is NS(=O)(=O)c1cc(C(=O)OCc2csc(-c3ccccc3)n2)c(Cl)cc1Cl. The van der Waals surface area contributed by atoms with E-state index >= 15 is 0 Å². The van der Waals surface area contributed by atoms with E-state index in [1.807, 2.05) is 30.3 Å². The Morgan fingerprint density at radius 2 is 1.85 bits per heavy atom. The van der Waals surface area contributed by atoms with Gasteiger partial charge in [0.1, 0.15) is 16.5 Å². The molecule has 0 aliphatic rings. The third-order valence-electron chi connectivity index (χ3n) is 3.47. The monoisotopic (exact) mass is 442 g/mol. The fourth-order valence-electron chi connectivity index (χ4n) is 2.21. The predicted molar refractivity (Wildman–Crippen MR) is 105 cm³/mol. The van der Waals surface area contributed by atoms with Gasteiger partial charge < -0.3 is 4.74 Å². The minimum absolute atomic E-state index is 0.0411. The summed E-state index contributed by atoms with van der Waals surface area (Å²) in [5.74, 6) is -0.809. The molecule has 0 saturated heterocycles. The summed E-state index contributed by atoms with van der Waals surface area (Å²) in [4.78, 5) is 16.3. The van der Waals surface area contributed by atoms with Crippen LogP contribution in [0.15, 0.2) is 52.7 Å². The second-order valence-electron chi connectivity index (χ2n) is 5.39. The van der Waals surface area contributed by atoms with Crippen molar-refractivity contribution >= 4 is 50.5 Å². The molecule has 0 amide bonds. The number of nitrogens with zero attached hydrogens (tertiary/aromatic N) is 1. The van der Waals surface area contributed by atoms with E-state index < -0.39 is 20.9 Å². The van der Waals surface area contributed by atoms with Crippen LogP contribution in [0.1, 0.15) is 16.1 Å². The van der Waals surface area contributed by atoms with Crippen LogP contribution in [-0.4, -0.2) is 19.4 Å². The van der Waals surface area contributed by atoms with Crippen LogP contribution in [0, 0.1) is 0 Å². The molecule has 6 nitrogen and oxygen atoms in total. The van der Waals surface area contributed by atoms with Gasteiger partial charge in [0.05, 0.1) is 21.3 Å². The molecule has 2 N–H and O–H groups in total. The number of carbonyl (C=O) groups is 1. The highest BCUT2D eigenvalue weighted by Crippen LogP contribution is 2.29. The van der Waals surface area contributed by atoms with Crippen molar-refractivity contribution in [3.05, 3.63) is 69.1 Å². The quantitative estimate of drug-likeness (QED) is 0.598. The molecule has 0 aliphatic heterocycles. The maximum atomic E-state index is 12.3. The zero-order valence-corrected chi connectivity index (χ0v) is 16.7. The average Bonchev–Trinajstić information content (AvgIpc) is 3.08. The lowest BCUT2D eigenvalue weighted by Gasteiger charge is -2.08. The predicted octanol–water partition coefficient (Wildman–Crippen LogP) is 4.12. The molecule has 2 aromatic carbocycles. The molecule has 3 aromatic rings. The first kappa shape index (κ1) is 19.8. The van der Waals surface area contributed by atoms with Crippen molar-refractivity contribution < 1.29 is 17.9 Å². The number of carbonyl (C=O) groups excluding carboxylic acids is 1. The van der Waals surface area contributed by atoms with Crippen molar-refractivity contribution in [2.75, 3.05) is 0 Å². The lowest BCUT2D eigenvalue weighted by atomic mass is 10.2. The van der Waals surface area contributed by atoms with E-state index in [4.69, 9.17) is 33.1 Å². The highest BCUT2D eigenvalue weighted by molar-refractivity contribution is 7.89. The van der Waals surface area contributed by atoms with Gasteiger partial charge in [-0.25, -0.2) is 23.3 Å². The Kier molecular flexibility index (Phi) is 5.83. The second-order valence-corrected chi connectivity index (χ2v) is 8.60. The second kappa shape index (κ2) is 7.95. The first-order valence-electron chi connectivity index (χ1n) is 7.44. The zero-order chi connectivity index (χ0) is 19.6. The molecule has 0 spiro atoms. The number of halogens is 2. The summed E-state index contributed by atoms with van der Waals surface area (Å²) >= 11 is 13.2. The number of aromatic nitrogens is 1. The number of hydrogen-bond acceptors (Lipinski definition) is 6. The van der Waals surface area contributed by atoms with Crippen LogP contribution >= 0.6 is 34.5 Å². The van der Waals surface area contributed by atoms with Gasteiger partial charge in [-0.15, -0.1) is 11.3 Å². The molecule has 10 heteroatoms. The molecular formula is C17H12Cl2N2O4S2. The number of hydrogen-bond donors (Lipinski definition) is 1. The fraction of sp³-hybridized carbons (Fsp3) is 0.0588. The van der Waals surface area contributed by atoms with Crippen molar-refractivity contribution in [3.8, 4) is 10.6 Å². The molecule has 0 fully saturated rings. The summed E-state index contributed by atoms with van der Waals surface area (Å²) in [6.45, 7) is -0.0914. The molecule has 0 atom stereocenters. The van der Waals surface area contributed by atoms with Gasteiger partial charge in [-0.3, -0.25) is 0 Å². The molecule has 0 unspecified atom stereocenters. The summed E-state index contributed by atoms with van der Waals surface area (Å²) < 4.78 is 28.3. The average molecular weight is 443 g/mol. The molecule has 1 aromatic heterocycles. The van der Waals surface area contributed by atoms with Crippen LogP contribution in [0.3, 0.4) is 0 Å². The van der Waals surface area contributed by atoms with Crippen LogP contribution in [0.2, 0.25) is 10.0 Å². The molecule has 3 rings (SSSR count). The van der Waals surface area contributed by atoms with Crippen molar-refractivity contribution in [1.29, 1.82) is 0 Å². The van der Waals surface area contributed by atoms with Crippen LogP contribution in [-0.2, 0) is 21.4 Å². The van der Waals surface area contributed by atoms with Gasteiger partial charge in [0.15, 0.2) is 0 Å². The van der Waals surface area contributed by atoms with Crippen molar-refractivity contribution in [2.24, 2.45) is 5.14 Å². The summed E-state index contributed by atoms with van der Waals surface area (Å²) in [7, 11) is -4.11. The van der Waals surface area contributed by atoms with Crippen molar-refractivity contribution in [3.63, 3.8) is 0 Å². The minimum atomic E-state index is -4.11. The number of benzene rings is 2. The van der Waals surface area contributed by atoms with Gasteiger partial charge in [-0.05, 0) is 12.1 Å². The third-order valence-corrected chi connectivity index (χ3v) is 6.10. The van der Waals surface area contributed by atoms with E-state index in [-0.39, 0.29) is 22.2 Å². The molecule has 0 bridgehead atoms. The summed E-state index contributed by atoms with van der Waals surface area (Å²) in [6, 6.07) is 11.7. The van der Waals surface area contributed by atoms with Crippen molar-refractivity contribution in [1.82, 2.24) is 4.98 Å². The van der Waals surface area contributed by atoms with Crippen LogP contribution in [0.25, 0.3) is 10.6 Å². The Balaban J connectivity index is 1.76. The molecule has 1 heterocycles. The van der Waals surface area contributed by atoms with Crippen LogP contribution in [0.4, 0.5) is 0 Å². The molecule has 0 radical (unpaired) electrons. The number of primary sulfonamides is 1.